The molecular weight excluding hydrogens is 300 g/mol. The second-order valence-corrected chi connectivity index (χ2v) is 5.70. The number of hydrogen-bond donors (Lipinski definition) is 1. The molecule has 0 atom stereocenters. The molecule has 0 aliphatic heterocycles. The molecular formula is C16H19BrN2. The van der Waals surface area contributed by atoms with Crippen LogP contribution in [-0.4, -0.2) is 14.1 Å². The van der Waals surface area contributed by atoms with Crippen LogP contribution in [0.25, 0.3) is 0 Å². The molecule has 100 valence electrons. The standard InChI is InChI=1S/C16H19BrN2/c1-12-10-13(8-9-14(12)17)11-18-15-6-4-5-7-16(15)19(2)3/h4-10,18H,11H2,1-3H3. The third-order valence-corrected chi connectivity index (χ3v) is 3.98. The summed E-state index contributed by atoms with van der Waals surface area (Å²) < 4.78 is 1.16. The number of nitrogens with zero attached hydrogens (tertiary/aromatic N) is 1. The summed E-state index contributed by atoms with van der Waals surface area (Å²) in [5.41, 5.74) is 4.92. The molecule has 0 heterocycles. The summed E-state index contributed by atoms with van der Waals surface area (Å²) in [7, 11) is 4.12. The molecule has 19 heavy (non-hydrogen) atoms. The van der Waals surface area contributed by atoms with Crippen molar-refractivity contribution >= 4 is 27.3 Å². The van der Waals surface area contributed by atoms with E-state index < -0.39 is 0 Å². The molecule has 0 saturated carbocycles. The van der Waals surface area contributed by atoms with Gasteiger partial charge < -0.3 is 10.2 Å². The highest BCUT2D eigenvalue weighted by Crippen LogP contribution is 2.24. The van der Waals surface area contributed by atoms with Gasteiger partial charge in [-0.25, -0.2) is 0 Å². The molecule has 1 N–H and O–H groups in total. The third kappa shape index (κ3) is 3.51. The molecule has 0 radical (unpaired) electrons. The quantitative estimate of drug-likeness (QED) is 0.896. The molecule has 2 rings (SSSR count). The predicted molar refractivity (Wildman–Crippen MR) is 87.0 cm³/mol. The van der Waals surface area contributed by atoms with Crippen LogP contribution in [0.5, 0.6) is 0 Å². The summed E-state index contributed by atoms with van der Waals surface area (Å²) in [5.74, 6) is 0. The lowest BCUT2D eigenvalue weighted by atomic mass is 10.1. The molecule has 0 fully saturated rings. The van der Waals surface area contributed by atoms with Crippen LogP contribution in [0.15, 0.2) is 46.9 Å². The van der Waals surface area contributed by atoms with Gasteiger partial charge in [-0.1, -0.05) is 40.2 Å². The van der Waals surface area contributed by atoms with Crippen LogP contribution in [0.3, 0.4) is 0 Å². The van der Waals surface area contributed by atoms with Crippen LogP contribution < -0.4 is 10.2 Å². The number of para-hydroxylation sites is 2. The first-order valence-corrected chi connectivity index (χ1v) is 7.12. The Hall–Kier alpha value is -1.48. The van der Waals surface area contributed by atoms with E-state index in [0.29, 0.717) is 0 Å². The van der Waals surface area contributed by atoms with Gasteiger partial charge in [-0.05, 0) is 36.2 Å². The Morgan fingerprint density at radius 3 is 2.53 bits per heavy atom. The smallest absolute Gasteiger partial charge is 0.0596 e. The number of halogens is 1. The molecule has 3 heteroatoms. The molecule has 2 aromatic carbocycles. The lowest BCUT2D eigenvalue weighted by Gasteiger charge is -2.18. The average molecular weight is 319 g/mol. The van der Waals surface area contributed by atoms with E-state index >= 15 is 0 Å². The number of benzene rings is 2. The molecule has 0 unspecified atom stereocenters. The number of hydrogen-bond acceptors (Lipinski definition) is 2. The summed E-state index contributed by atoms with van der Waals surface area (Å²) in [6.45, 7) is 2.94. The highest BCUT2D eigenvalue weighted by atomic mass is 79.9. The summed E-state index contributed by atoms with van der Waals surface area (Å²) in [6.07, 6.45) is 0. The minimum absolute atomic E-state index is 0.832. The minimum Gasteiger partial charge on any atom is -0.379 e. The second-order valence-electron chi connectivity index (χ2n) is 4.85. The first-order chi connectivity index (χ1) is 9.08. The maximum atomic E-state index is 3.53. The minimum atomic E-state index is 0.832. The molecule has 0 saturated heterocycles. The Labute approximate surface area is 123 Å². The monoisotopic (exact) mass is 318 g/mol. The molecule has 0 bridgehead atoms. The van der Waals surface area contributed by atoms with E-state index in [1.165, 1.54) is 16.8 Å². The summed E-state index contributed by atoms with van der Waals surface area (Å²) >= 11 is 3.53. The van der Waals surface area contributed by atoms with Crippen LogP contribution in [-0.2, 0) is 6.54 Å². The SMILES string of the molecule is Cc1cc(CNc2ccccc2N(C)C)ccc1Br. The number of rotatable bonds is 4. The fourth-order valence-electron chi connectivity index (χ4n) is 2.03. The Morgan fingerprint density at radius 1 is 1.11 bits per heavy atom. The zero-order valence-corrected chi connectivity index (χ0v) is 13.2. The molecule has 2 aromatic rings. The van der Waals surface area contributed by atoms with Gasteiger partial charge >= 0.3 is 0 Å². The van der Waals surface area contributed by atoms with Crippen LogP contribution in [0.2, 0.25) is 0 Å². The van der Waals surface area contributed by atoms with Crippen LogP contribution in [0, 0.1) is 6.92 Å². The van der Waals surface area contributed by atoms with E-state index in [9.17, 15) is 0 Å². The van der Waals surface area contributed by atoms with Gasteiger partial charge in [-0.2, -0.15) is 0 Å². The van der Waals surface area contributed by atoms with Gasteiger partial charge in [-0.3, -0.25) is 0 Å². The lowest BCUT2D eigenvalue weighted by Crippen LogP contribution is -2.12. The van der Waals surface area contributed by atoms with Crippen molar-refractivity contribution < 1.29 is 0 Å². The molecule has 2 nitrogen and oxygen atoms in total. The third-order valence-electron chi connectivity index (χ3n) is 3.09. The van der Waals surface area contributed by atoms with Crippen molar-refractivity contribution in [2.45, 2.75) is 13.5 Å². The number of aryl methyl sites for hydroxylation is 1. The fraction of sp³-hybridized carbons (Fsp3) is 0.250. The summed E-state index contributed by atoms with van der Waals surface area (Å²) in [6, 6.07) is 14.8. The van der Waals surface area contributed by atoms with Crippen molar-refractivity contribution in [2.75, 3.05) is 24.3 Å². The van der Waals surface area contributed by atoms with Crippen molar-refractivity contribution in [3.63, 3.8) is 0 Å². The topological polar surface area (TPSA) is 15.3 Å². The highest BCUT2D eigenvalue weighted by Gasteiger charge is 2.03. The van der Waals surface area contributed by atoms with E-state index in [0.717, 1.165) is 16.7 Å². The van der Waals surface area contributed by atoms with Gasteiger partial charge in [0, 0.05) is 25.1 Å². The normalized spacial score (nSPS) is 10.3. The van der Waals surface area contributed by atoms with Gasteiger partial charge in [0.25, 0.3) is 0 Å². The first kappa shape index (κ1) is 13.9. The van der Waals surface area contributed by atoms with E-state index in [1.54, 1.807) is 0 Å². The van der Waals surface area contributed by atoms with Gasteiger partial charge in [0.05, 0.1) is 11.4 Å². The molecule has 0 spiro atoms. The zero-order valence-electron chi connectivity index (χ0n) is 11.6. The molecule has 0 aliphatic rings. The van der Waals surface area contributed by atoms with E-state index in [4.69, 9.17) is 0 Å². The Bertz CT molecular complexity index is 564. The second kappa shape index (κ2) is 6.11. The lowest BCUT2D eigenvalue weighted by molar-refractivity contribution is 1.10. The summed E-state index contributed by atoms with van der Waals surface area (Å²) in [5, 5.41) is 3.50. The van der Waals surface area contributed by atoms with Crippen molar-refractivity contribution in [3.05, 3.63) is 58.1 Å². The molecule has 0 aliphatic carbocycles. The van der Waals surface area contributed by atoms with Crippen LogP contribution >= 0.6 is 15.9 Å². The Morgan fingerprint density at radius 2 is 1.84 bits per heavy atom. The first-order valence-electron chi connectivity index (χ1n) is 6.33. The summed E-state index contributed by atoms with van der Waals surface area (Å²) in [4.78, 5) is 2.12. The zero-order chi connectivity index (χ0) is 13.8. The maximum absolute atomic E-state index is 3.53. The average Bonchev–Trinajstić information content (AvgIpc) is 2.40. The van der Waals surface area contributed by atoms with Crippen LogP contribution in [0.1, 0.15) is 11.1 Å². The molecule has 0 amide bonds. The number of anilines is 2. The van der Waals surface area contributed by atoms with Crippen LogP contribution in [0.4, 0.5) is 11.4 Å². The van der Waals surface area contributed by atoms with Gasteiger partial charge in [0.1, 0.15) is 0 Å². The maximum Gasteiger partial charge on any atom is 0.0596 e. The van der Waals surface area contributed by atoms with Crippen molar-refractivity contribution in [1.82, 2.24) is 0 Å². The highest BCUT2D eigenvalue weighted by molar-refractivity contribution is 9.10. The van der Waals surface area contributed by atoms with Gasteiger partial charge in [-0.15, -0.1) is 0 Å². The van der Waals surface area contributed by atoms with Crippen molar-refractivity contribution in [3.8, 4) is 0 Å². The van der Waals surface area contributed by atoms with Crippen molar-refractivity contribution in [2.24, 2.45) is 0 Å². The van der Waals surface area contributed by atoms with E-state index in [2.05, 4.69) is 89.6 Å². The van der Waals surface area contributed by atoms with Gasteiger partial charge in [0.2, 0.25) is 0 Å². The largest absolute Gasteiger partial charge is 0.379 e. The van der Waals surface area contributed by atoms with E-state index in [-0.39, 0.29) is 0 Å². The van der Waals surface area contributed by atoms with E-state index in [1.807, 2.05) is 0 Å². The Balaban J connectivity index is 2.12. The van der Waals surface area contributed by atoms with Gasteiger partial charge in [0.15, 0.2) is 0 Å². The number of nitrogens with one attached hydrogen (secondary N) is 1. The fourth-order valence-corrected chi connectivity index (χ4v) is 2.27. The molecule has 0 aromatic heterocycles. The van der Waals surface area contributed by atoms with Crippen molar-refractivity contribution in [1.29, 1.82) is 0 Å². The Kier molecular flexibility index (Phi) is 4.48. The predicted octanol–water partition coefficient (Wildman–Crippen LogP) is 4.44.